The number of ether oxygens (including phenoxy) is 1. The molecule has 142 valence electrons. The molecule has 0 radical (unpaired) electrons. The number of esters is 1. The molecule has 1 aromatic heterocycles. The number of carbonyl (C=O) groups is 3. The quantitative estimate of drug-likeness (QED) is 0.523. The Kier molecular flexibility index (Phi) is 7.15. The monoisotopic (exact) mass is 445 g/mol. The van der Waals surface area contributed by atoms with E-state index < -0.39 is 17.9 Å². The van der Waals surface area contributed by atoms with E-state index >= 15 is 0 Å². The highest BCUT2D eigenvalue weighted by Crippen LogP contribution is 2.15. The van der Waals surface area contributed by atoms with Crippen LogP contribution in [0, 0.1) is 0 Å². The fourth-order valence-electron chi connectivity index (χ4n) is 2.34. The molecule has 0 spiro atoms. The molecule has 26 heavy (non-hydrogen) atoms. The zero-order chi connectivity index (χ0) is 19.3. The van der Waals surface area contributed by atoms with Gasteiger partial charge in [-0.25, -0.2) is 0 Å². The molecule has 1 saturated heterocycles. The molecule has 2 heterocycles. The minimum Gasteiger partial charge on any atom is -0.463 e. The maximum atomic E-state index is 12.2. The van der Waals surface area contributed by atoms with E-state index in [0.717, 1.165) is 0 Å². The maximum absolute atomic E-state index is 12.2. The standard InChI is InChI=1S/C16H20BrN3O5S/c1-3-9(2)24-13(21)8-10-14(22)18-6-7-20(10)16(26)19-15(23)11-4-5-12(17)25-11/h4-5,9-10H,3,6-8H2,1-2H3,(H,18,22)(H,19,23,26). The van der Waals surface area contributed by atoms with Crippen molar-refractivity contribution in [2.45, 2.75) is 38.8 Å². The molecule has 2 amide bonds. The van der Waals surface area contributed by atoms with Gasteiger partial charge >= 0.3 is 5.97 Å². The number of carbonyl (C=O) groups excluding carboxylic acids is 3. The van der Waals surface area contributed by atoms with Gasteiger partial charge in [-0.05, 0) is 53.6 Å². The lowest BCUT2D eigenvalue weighted by Crippen LogP contribution is -2.60. The molecule has 2 rings (SSSR count). The molecular formula is C16H20BrN3O5S. The van der Waals surface area contributed by atoms with Crippen LogP contribution in [0.1, 0.15) is 37.2 Å². The van der Waals surface area contributed by atoms with E-state index in [0.29, 0.717) is 24.2 Å². The highest BCUT2D eigenvalue weighted by molar-refractivity contribution is 9.10. The Balaban J connectivity index is 2.03. The Bertz CT molecular complexity index is 708. The Labute approximate surface area is 164 Å². The van der Waals surface area contributed by atoms with E-state index in [1.807, 2.05) is 6.92 Å². The lowest BCUT2D eigenvalue weighted by molar-refractivity contribution is -0.151. The molecule has 2 N–H and O–H groups in total. The molecular weight excluding hydrogens is 426 g/mol. The van der Waals surface area contributed by atoms with Crippen molar-refractivity contribution in [1.82, 2.24) is 15.5 Å². The zero-order valence-corrected chi connectivity index (χ0v) is 16.8. The number of hydrogen-bond acceptors (Lipinski definition) is 6. The molecule has 1 fully saturated rings. The van der Waals surface area contributed by atoms with Crippen molar-refractivity contribution in [1.29, 1.82) is 0 Å². The van der Waals surface area contributed by atoms with Crippen molar-refractivity contribution >= 4 is 51.0 Å². The van der Waals surface area contributed by atoms with Crippen LogP contribution in [0.25, 0.3) is 0 Å². The topological polar surface area (TPSA) is 101 Å². The van der Waals surface area contributed by atoms with Gasteiger partial charge in [0, 0.05) is 13.1 Å². The second kappa shape index (κ2) is 9.13. The predicted octanol–water partition coefficient (Wildman–Crippen LogP) is 1.59. The maximum Gasteiger partial charge on any atom is 0.308 e. The van der Waals surface area contributed by atoms with E-state index in [1.54, 1.807) is 13.0 Å². The van der Waals surface area contributed by atoms with E-state index in [-0.39, 0.29) is 29.3 Å². The van der Waals surface area contributed by atoms with Crippen LogP contribution in [-0.2, 0) is 14.3 Å². The van der Waals surface area contributed by atoms with Gasteiger partial charge in [-0.3, -0.25) is 19.7 Å². The highest BCUT2D eigenvalue weighted by Gasteiger charge is 2.34. The average molecular weight is 446 g/mol. The van der Waals surface area contributed by atoms with Crippen molar-refractivity contribution in [2.24, 2.45) is 0 Å². The van der Waals surface area contributed by atoms with Gasteiger partial charge in [-0.2, -0.15) is 0 Å². The van der Waals surface area contributed by atoms with Crippen LogP contribution >= 0.6 is 28.1 Å². The molecule has 8 nitrogen and oxygen atoms in total. The second-order valence-electron chi connectivity index (χ2n) is 5.78. The third-order valence-electron chi connectivity index (χ3n) is 3.88. The van der Waals surface area contributed by atoms with Crippen LogP contribution in [0.2, 0.25) is 0 Å². The first kappa shape index (κ1) is 20.4. The molecule has 2 atom stereocenters. The molecule has 0 aliphatic carbocycles. The van der Waals surface area contributed by atoms with Crippen molar-refractivity contribution in [3.8, 4) is 0 Å². The molecule has 1 aliphatic heterocycles. The fourth-order valence-corrected chi connectivity index (χ4v) is 2.96. The highest BCUT2D eigenvalue weighted by atomic mass is 79.9. The summed E-state index contributed by atoms with van der Waals surface area (Å²) < 4.78 is 10.8. The molecule has 0 saturated carbocycles. The first-order chi connectivity index (χ1) is 12.3. The summed E-state index contributed by atoms with van der Waals surface area (Å²) in [4.78, 5) is 38.0. The van der Waals surface area contributed by atoms with Crippen LogP contribution in [-0.4, -0.2) is 53.0 Å². The minimum absolute atomic E-state index is 0.0544. The summed E-state index contributed by atoms with van der Waals surface area (Å²) >= 11 is 8.38. The lowest BCUT2D eigenvalue weighted by Gasteiger charge is -2.36. The summed E-state index contributed by atoms with van der Waals surface area (Å²) in [5.74, 6) is -1.29. The van der Waals surface area contributed by atoms with Gasteiger partial charge in [-0.15, -0.1) is 0 Å². The summed E-state index contributed by atoms with van der Waals surface area (Å²) in [7, 11) is 0. The van der Waals surface area contributed by atoms with E-state index in [2.05, 4.69) is 26.6 Å². The molecule has 2 unspecified atom stereocenters. The van der Waals surface area contributed by atoms with Gasteiger partial charge in [0.25, 0.3) is 5.91 Å². The number of thiocarbonyl (C=S) groups is 1. The normalized spacial score (nSPS) is 18.0. The largest absolute Gasteiger partial charge is 0.463 e. The lowest BCUT2D eigenvalue weighted by atomic mass is 10.1. The first-order valence-electron chi connectivity index (χ1n) is 8.16. The molecule has 1 aromatic rings. The Morgan fingerprint density at radius 2 is 2.27 bits per heavy atom. The Hall–Kier alpha value is -1.94. The fraction of sp³-hybridized carbons (Fsp3) is 0.500. The SMILES string of the molecule is CCC(C)OC(=O)CC1C(=O)NCCN1C(=S)NC(=O)c1ccc(Br)o1. The van der Waals surface area contributed by atoms with Crippen molar-refractivity contribution in [2.75, 3.05) is 13.1 Å². The smallest absolute Gasteiger partial charge is 0.308 e. The second-order valence-corrected chi connectivity index (χ2v) is 6.94. The summed E-state index contributed by atoms with van der Waals surface area (Å²) in [5, 5.41) is 5.27. The third kappa shape index (κ3) is 5.28. The number of furan rings is 1. The minimum atomic E-state index is -0.837. The molecule has 1 aliphatic rings. The summed E-state index contributed by atoms with van der Waals surface area (Å²) in [5.41, 5.74) is 0. The van der Waals surface area contributed by atoms with Crippen molar-refractivity contribution in [3.05, 3.63) is 22.6 Å². The summed E-state index contributed by atoms with van der Waals surface area (Å²) in [6.45, 7) is 4.41. The summed E-state index contributed by atoms with van der Waals surface area (Å²) in [6.07, 6.45) is 0.296. The first-order valence-corrected chi connectivity index (χ1v) is 9.36. The Morgan fingerprint density at radius 1 is 1.54 bits per heavy atom. The number of nitrogens with zero attached hydrogens (tertiary/aromatic N) is 1. The van der Waals surface area contributed by atoms with Crippen molar-refractivity contribution < 1.29 is 23.5 Å². The predicted molar refractivity (Wildman–Crippen MR) is 100 cm³/mol. The van der Waals surface area contributed by atoms with Gasteiger partial charge in [0.2, 0.25) is 5.91 Å². The zero-order valence-electron chi connectivity index (χ0n) is 14.4. The third-order valence-corrected chi connectivity index (χ3v) is 4.64. The van der Waals surface area contributed by atoms with Gasteiger partial charge in [0.05, 0.1) is 12.5 Å². The van der Waals surface area contributed by atoms with E-state index in [4.69, 9.17) is 21.4 Å². The summed E-state index contributed by atoms with van der Waals surface area (Å²) in [6, 6.07) is 2.24. The van der Waals surface area contributed by atoms with Crippen molar-refractivity contribution in [3.63, 3.8) is 0 Å². The van der Waals surface area contributed by atoms with Gasteiger partial charge < -0.3 is 19.4 Å². The molecule has 0 bridgehead atoms. The van der Waals surface area contributed by atoms with E-state index in [1.165, 1.54) is 11.0 Å². The molecule has 10 heteroatoms. The van der Waals surface area contributed by atoms with Crippen LogP contribution < -0.4 is 10.6 Å². The van der Waals surface area contributed by atoms with Crippen LogP contribution in [0.15, 0.2) is 21.2 Å². The number of rotatable bonds is 5. The number of amides is 2. The van der Waals surface area contributed by atoms with E-state index in [9.17, 15) is 14.4 Å². The number of halogens is 1. The van der Waals surface area contributed by atoms with Gasteiger partial charge in [0.15, 0.2) is 15.5 Å². The van der Waals surface area contributed by atoms with Gasteiger partial charge in [-0.1, -0.05) is 6.92 Å². The van der Waals surface area contributed by atoms with Crippen LogP contribution in [0.5, 0.6) is 0 Å². The number of hydrogen-bond donors (Lipinski definition) is 2. The van der Waals surface area contributed by atoms with Crippen LogP contribution in [0.4, 0.5) is 0 Å². The van der Waals surface area contributed by atoms with Gasteiger partial charge in [0.1, 0.15) is 6.04 Å². The Morgan fingerprint density at radius 3 is 2.88 bits per heavy atom. The molecule has 0 aromatic carbocycles. The number of piperazine rings is 1. The number of nitrogens with one attached hydrogen (secondary N) is 2. The average Bonchev–Trinajstić information content (AvgIpc) is 3.03. The van der Waals surface area contributed by atoms with Crippen LogP contribution in [0.3, 0.4) is 0 Å².